The Balaban J connectivity index is 1.98. The van der Waals surface area contributed by atoms with Gasteiger partial charge in [0.25, 0.3) is 0 Å². The van der Waals surface area contributed by atoms with Crippen LogP contribution in [-0.2, 0) is 6.18 Å². The van der Waals surface area contributed by atoms with E-state index in [-0.39, 0.29) is 22.4 Å². The number of rotatable bonds is 4. The molecule has 5 nitrogen and oxygen atoms in total. The molecule has 0 amide bonds. The number of hydrogen-bond acceptors (Lipinski definition) is 4. The maximum absolute atomic E-state index is 13.9. The third-order valence-electron chi connectivity index (χ3n) is 4.82. The number of methoxy groups -OCH3 is 2. The van der Waals surface area contributed by atoms with Crippen molar-refractivity contribution in [2.75, 3.05) is 14.2 Å². The predicted octanol–water partition coefficient (Wildman–Crippen LogP) is 5.43. The largest absolute Gasteiger partial charge is 0.497 e. The van der Waals surface area contributed by atoms with Crippen LogP contribution in [0.5, 0.6) is 11.5 Å². The van der Waals surface area contributed by atoms with Crippen LogP contribution in [0.3, 0.4) is 0 Å². The highest BCUT2D eigenvalue weighted by Crippen LogP contribution is 2.39. The van der Waals surface area contributed by atoms with Crippen molar-refractivity contribution in [1.82, 2.24) is 14.8 Å². The minimum Gasteiger partial charge on any atom is -0.497 e. The molecule has 4 rings (SSSR count). The van der Waals surface area contributed by atoms with Crippen molar-refractivity contribution in [3.8, 4) is 28.4 Å². The van der Waals surface area contributed by atoms with Gasteiger partial charge in [0.1, 0.15) is 11.5 Å². The third kappa shape index (κ3) is 3.45. The van der Waals surface area contributed by atoms with Crippen LogP contribution in [-0.4, -0.2) is 29.0 Å². The lowest BCUT2D eigenvalue weighted by atomic mass is 10.0. The average Bonchev–Trinajstić information content (AvgIpc) is 3.09. The van der Waals surface area contributed by atoms with Crippen LogP contribution in [0, 0.1) is 6.92 Å². The van der Waals surface area contributed by atoms with E-state index in [4.69, 9.17) is 9.47 Å². The van der Waals surface area contributed by atoms with Gasteiger partial charge in [0.05, 0.1) is 42.2 Å². The maximum atomic E-state index is 13.9. The summed E-state index contributed by atoms with van der Waals surface area (Å²) >= 11 is 0. The van der Waals surface area contributed by atoms with E-state index in [1.165, 1.54) is 11.8 Å². The third-order valence-corrected chi connectivity index (χ3v) is 4.82. The molecule has 2 aromatic carbocycles. The molecular weight excluding hydrogens is 395 g/mol. The van der Waals surface area contributed by atoms with E-state index in [0.717, 1.165) is 6.07 Å². The zero-order valence-corrected chi connectivity index (χ0v) is 16.5. The summed E-state index contributed by atoms with van der Waals surface area (Å²) in [5.41, 5.74) is 0.952. The van der Waals surface area contributed by atoms with Gasteiger partial charge in [-0.1, -0.05) is 0 Å². The minimum absolute atomic E-state index is 0.0180. The van der Waals surface area contributed by atoms with E-state index in [1.807, 2.05) is 0 Å². The van der Waals surface area contributed by atoms with Crippen molar-refractivity contribution in [3.05, 3.63) is 65.9 Å². The van der Waals surface area contributed by atoms with Crippen LogP contribution in [0.1, 0.15) is 11.3 Å². The van der Waals surface area contributed by atoms with Crippen LogP contribution >= 0.6 is 0 Å². The standard InChI is InChI=1S/C22H18F3N3O2/c1-13-20-18(22(23,24)25)12-19(14-4-8-16(29-2)9-5-14)26-21(20)28(27-13)15-6-10-17(30-3)11-7-15/h4-12H,1-3H3. The molecule has 154 valence electrons. The Bertz CT molecular complexity index is 1200. The van der Waals surface area contributed by atoms with Crippen LogP contribution in [0.25, 0.3) is 28.0 Å². The zero-order chi connectivity index (χ0) is 21.5. The van der Waals surface area contributed by atoms with Gasteiger partial charge in [0.15, 0.2) is 5.65 Å². The van der Waals surface area contributed by atoms with Gasteiger partial charge in [-0.3, -0.25) is 0 Å². The molecule has 0 bridgehead atoms. The highest BCUT2D eigenvalue weighted by Gasteiger charge is 2.35. The van der Waals surface area contributed by atoms with Crippen LogP contribution < -0.4 is 9.47 Å². The van der Waals surface area contributed by atoms with Gasteiger partial charge in [0.2, 0.25) is 0 Å². The molecule has 0 saturated carbocycles. The number of alkyl halides is 3. The van der Waals surface area contributed by atoms with Crippen molar-refractivity contribution in [3.63, 3.8) is 0 Å². The second kappa shape index (κ2) is 7.37. The molecule has 0 atom stereocenters. The first kappa shape index (κ1) is 19.8. The predicted molar refractivity (Wildman–Crippen MR) is 107 cm³/mol. The normalized spacial score (nSPS) is 11.7. The number of aromatic nitrogens is 3. The van der Waals surface area contributed by atoms with E-state index in [1.54, 1.807) is 62.6 Å². The number of pyridine rings is 1. The molecular formula is C22H18F3N3O2. The monoisotopic (exact) mass is 413 g/mol. The van der Waals surface area contributed by atoms with Crippen molar-refractivity contribution in [2.45, 2.75) is 13.1 Å². The van der Waals surface area contributed by atoms with Crippen LogP contribution in [0.4, 0.5) is 13.2 Å². The lowest BCUT2D eigenvalue weighted by Gasteiger charge is -2.12. The fourth-order valence-electron chi connectivity index (χ4n) is 3.33. The molecule has 0 unspecified atom stereocenters. The minimum atomic E-state index is -4.55. The Morgan fingerprint density at radius 2 is 1.43 bits per heavy atom. The zero-order valence-electron chi connectivity index (χ0n) is 16.5. The molecule has 0 aliphatic rings. The van der Waals surface area contributed by atoms with Crippen LogP contribution in [0.2, 0.25) is 0 Å². The second-order valence-corrected chi connectivity index (χ2v) is 6.68. The summed E-state index contributed by atoms with van der Waals surface area (Å²) < 4.78 is 53.5. The van der Waals surface area contributed by atoms with Gasteiger partial charge in [-0.15, -0.1) is 0 Å². The topological polar surface area (TPSA) is 49.2 Å². The quantitative estimate of drug-likeness (QED) is 0.448. The maximum Gasteiger partial charge on any atom is 0.417 e. The smallest absolute Gasteiger partial charge is 0.417 e. The van der Waals surface area contributed by atoms with Gasteiger partial charge in [0, 0.05) is 5.56 Å². The van der Waals surface area contributed by atoms with Gasteiger partial charge >= 0.3 is 6.18 Å². The first-order chi connectivity index (χ1) is 14.3. The fraction of sp³-hybridized carbons (Fsp3) is 0.182. The molecule has 0 N–H and O–H groups in total. The SMILES string of the molecule is COc1ccc(-c2cc(C(F)(F)F)c3c(C)nn(-c4ccc(OC)cc4)c3n2)cc1. The molecule has 4 aromatic rings. The second-order valence-electron chi connectivity index (χ2n) is 6.68. The lowest BCUT2D eigenvalue weighted by Crippen LogP contribution is -2.08. The summed E-state index contributed by atoms with van der Waals surface area (Å²) in [7, 11) is 3.07. The van der Waals surface area contributed by atoms with Gasteiger partial charge in [-0.25, -0.2) is 9.67 Å². The van der Waals surface area contributed by atoms with Crippen molar-refractivity contribution in [2.24, 2.45) is 0 Å². The van der Waals surface area contributed by atoms with Crippen molar-refractivity contribution in [1.29, 1.82) is 0 Å². The Kier molecular flexibility index (Phi) is 4.85. The van der Waals surface area contributed by atoms with Crippen LogP contribution in [0.15, 0.2) is 54.6 Å². The fourth-order valence-corrected chi connectivity index (χ4v) is 3.33. The first-order valence-electron chi connectivity index (χ1n) is 9.08. The van der Waals surface area contributed by atoms with E-state index in [9.17, 15) is 13.2 Å². The van der Waals surface area contributed by atoms with E-state index < -0.39 is 11.7 Å². The summed E-state index contributed by atoms with van der Waals surface area (Å²) in [5.74, 6) is 1.24. The Morgan fingerprint density at radius 3 is 1.97 bits per heavy atom. The van der Waals surface area contributed by atoms with Crippen molar-refractivity contribution >= 4 is 11.0 Å². The Labute approximate surface area is 170 Å². The number of fused-ring (bicyclic) bond motifs is 1. The summed E-state index contributed by atoms with van der Waals surface area (Å²) in [6, 6.07) is 14.7. The van der Waals surface area contributed by atoms with E-state index in [2.05, 4.69) is 10.1 Å². The van der Waals surface area contributed by atoms with E-state index >= 15 is 0 Å². The number of ether oxygens (including phenoxy) is 2. The average molecular weight is 413 g/mol. The number of nitrogens with zero attached hydrogens (tertiary/aromatic N) is 3. The first-order valence-corrected chi connectivity index (χ1v) is 9.08. The summed E-state index contributed by atoms with van der Waals surface area (Å²) in [6.07, 6.45) is -4.55. The lowest BCUT2D eigenvalue weighted by molar-refractivity contribution is -0.136. The highest BCUT2D eigenvalue weighted by molar-refractivity contribution is 5.87. The summed E-state index contributed by atoms with van der Waals surface area (Å²) in [4.78, 5) is 4.54. The van der Waals surface area contributed by atoms with Gasteiger partial charge < -0.3 is 9.47 Å². The van der Waals surface area contributed by atoms with Crippen molar-refractivity contribution < 1.29 is 22.6 Å². The van der Waals surface area contributed by atoms with Gasteiger partial charge in [-0.05, 0) is 61.5 Å². The molecule has 0 radical (unpaired) electrons. The number of hydrogen-bond donors (Lipinski definition) is 0. The Hall–Kier alpha value is -3.55. The molecule has 0 fully saturated rings. The molecule has 0 saturated heterocycles. The summed E-state index contributed by atoms with van der Waals surface area (Å²) in [5, 5.41) is 4.33. The molecule has 0 aliphatic carbocycles. The molecule has 2 aromatic heterocycles. The molecule has 0 spiro atoms. The summed E-state index contributed by atoms with van der Waals surface area (Å²) in [6.45, 7) is 1.55. The number of aryl methyl sites for hydroxylation is 1. The molecule has 2 heterocycles. The highest BCUT2D eigenvalue weighted by atomic mass is 19.4. The number of benzene rings is 2. The van der Waals surface area contributed by atoms with E-state index in [0.29, 0.717) is 22.7 Å². The molecule has 8 heteroatoms. The molecule has 0 aliphatic heterocycles. The Morgan fingerprint density at radius 1 is 0.867 bits per heavy atom. The van der Waals surface area contributed by atoms with Gasteiger partial charge in [-0.2, -0.15) is 18.3 Å². The number of halogens is 3. The molecule has 30 heavy (non-hydrogen) atoms.